The Hall–Kier alpha value is -1.94. The highest BCUT2D eigenvalue weighted by atomic mass is 35.5. The fourth-order valence-corrected chi connectivity index (χ4v) is 2.11. The van der Waals surface area contributed by atoms with Crippen molar-refractivity contribution in [3.05, 3.63) is 64.7 Å². The van der Waals surface area contributed by atoms with E-state index in [1.54, 1.807) is 31.1 Å². The van der Waals surface area contributed by atoms with Crippen molar-refractivity contribution >= 4 is 23.1 Å². The normalized spacial score (nSPS) is 11.3. The van der Waals surface area contributed by atoms with Gasteiger partial charge in [-0.1, -0.05) is 35.9 Å². The number of carbonyl (C=O) groups is 1. The Morgan fingerprint density at radius 2 is 1.76 bits per heavy atom. The van der Waals surface area contributed by atoms with Crippen molar-refractivity contribution in [3.8, 4) is 0 Å². The van der Waals surface area contributed by atoms with Crippen molar-refractivity contribution in [2.75, 3.05) is 19.0 Å². The van der Waals surface area contributed by atoms with Gasteiger partial charge in [0.25, 0.3) is 0 Å². The SMILES string of the molecule is CN(C)c1cccc(C(=O)C(F)(F)c2cccc(Cl)c2)c1. The largest absolute Gasteiger partial charge is 0.378 e. The van der Waals surface area contributed by atoms with E-state index >= 15 is 0 Å². The summed E-state index contributed by atoms with van der Waals surface area (Å²) in [5.41, 5.74) is 0.240. The average Bonchev–Trinajstić information content (AvgIpc) is 2.46. The fraction of sp³-hybridized carbons (Fsp3) is 0.188. The van der Waals surface area contributed by atoms with E-state index in [9.17, 15) is 13.6 Å². The lowest BCUT2D eigenvalue weighted by molar-refractivity contribution is 0.00744. The van der Waals surface area contributed by atoms with Crippen LogP contribution in [0, 0.1) is 0 Å². The minimum absolute atomic E-state index is 0.0359. The van der Waals surface area contributed by atoms with E-state index in [1.165, 1.54) is 30.3 Å². The van der Waals surface area contributed by atoms with Gasteiger partial charge in [-0.15, -0.1) is 0 Å². The Kier molecular flexibility index (Phi) is 4.28. The second kappa shape index (κ2) is 5.82. The summed E-state index contributed by atoms with van der Waals surface area (Å²) in [5, 5.41) is 0.169. The van der Waals surface area contributed by atoms with Crippen molar-refractivity contribution in [3.63, 3.8) is 0 Å². The molecule has 0 fully saturated rings. The van der Waals surface area contributed by atoms with E-state index in [-0.39, 0.29) is 10.6 Å². The molecule has 0 aliphatic carbocycles. The Labute approximate surface area is 127 Å². The monoisotopic (exact) mass is 309 g/mol. The highest BCUT2D eigenvalue weighted by Crippen LogP contribution is 2.33. The number of nitrogens with zero attached hydrogens (tertiary/aromatic N) is 1. The number of alkyl halides is 2. The molecule has 0 radical (unpaired) electrons. The second-order valence-corrected chi connectivity index (χ2v) is 5.30. The van der Waals surface area contributed by atoms with Gasteiger partial charge in [0.1, 0.15) is 0 Å². The lowest BCUT2D eigenvalue weighted by atomic mass is 9.98. The van der Waals surface area contributed by atoms with Crippen molar-refractivity contribution in [1.29, 1.82) is 0 Å². The van der Waals surface area contributed by atoms with Gasteiger partial charge in [0, 0.05) is 35.9 Å². The van der Waals surface area contributed by atoms with Crippen molar-refractivity contribution in [2.24, 2.45) is 0 Å². The van der Waals surface area contributed by atoms with Crippen LogP contribution in [-0.2, 0) is 5.92 Å². The summed E-state index contributed by atoms with van der Waals surface area (Å²) in [6, 6.07) is 11.3. The van der Waals surface area contributed by atoms with E-state index in [0.29, 0.717) is 5.69 Å². The van der Waals surface area contributed by atoms with E-state index in [0.717, 1.165) is 6.07 Å². The summed E-state index contributed by atoms with van der Waals surface area (Å²) in [6.45, 7) is 0. The molecule has 21 heavy (non-hydrogen) atoms. The lowest BCUT2D eigenvalue weighted by Crippen LogP contribution is -2.26. The van der Waals surface area contributed by atoms with Crippen LogP contribution in [-0.4, -0.2) is 19.9 Å². The van der Waals surface area contributed by atoms with Gasteiger partial charge in [-0.25, -0.2) is 0 Å². The summed E-state index contributed by atoms with van der Waals surface area (Å²) >= 11 is 5.72. The van der Waals surface area contributed by atoms with Crippen LogP contribution < -0.4 is 4.90 Å². The Bertz CT molecular complexity index is 671. The molecule has 0 aliphatic rings. The number of rotatable bonds is 4. The van der Waals surface area contributed by atoms with Gasteiger partial charge in [0.2, 0.25) is 5.78 Å². The van der Waals surface area contributed by atoms with Gasteiger partial charge in [0.05, 0.1) is 0 Å². The first-order chi connectivity index (χ1) is 9.82. The number of Topliss-reactive ketones (excluding diaryl/α,β-unsaturated/α-hetero) is 1. The van der Waals surface area contributed by atoms with Crippen LogP contribution in [0.5, 0.6) is 0 Å². The highest BCUT2D eigenvalue weighted by molar-refractivity contribution is 6.30. The Balaban J connectivity index is 2.40. The molecule has 2 nitrogen and oxygen atoms in total. The predicted molar refractivity (Wildman–Crippen MR) is 80.4 cm³/mol. The highest BCUT2D eigenvalue weighted by Gasteiger charge is 2.41. The molecule has 0 aliphatic heterocycles. The zero-order valence-corrected chi connectivity index (χ0v) is 12.4. The van der Waals surface area contributed by atoms with E-state index in [1.807, 2.05) is 0 Å². The van der Waals surface area contributed by atoms with Crippen LogP contribution >= 0.6 is 11.6 Å². The number of carbonyl (C=O) groups excluding carboxylic acids is 1. The Morgan fingerprint density at radius 1 is 1.10 bits per heavy atom. The number of hydrogen-bond acceptors (Lipinski definition) is 2. The molecule has 0 spiro atoms. The molecule has 0 amide bonds. The van der Waals surface area contributed by atoms with Crippen LogP contribution in [0.15, 0.2) is 48.5 Å². The van der Waals surface area contributed by atoms with Gasteiger partial charge < -0.3 is 4.90 Å². The fourth-order valence-electron chi connectivity index (χ4n) is 1.92. The minimum Gasteiger partial charge on any atom is -0.378 e. The first kappa shape index (κ1) is 15.4. The van der Waals surface area contributed by atoms with Crippen molar-refractivity contribution in [1.82, 2.24) is 0 Å². The summed E-state index contributed by atoms with van der Waals surface area (Å²) < 4.78 is 28.7. The zero-order valence-electron chi connectivity index (χ0n) is 11.6. The van der Waals surface area contributed by atoms with Gasteiger partial charge >= 0.3 is 5.92 Å². The minimum atomic E-state index is -3.62. The molecule has 0 bridgehead atoms. The van der Waals surface area contributed by atoms with Gasteiger partial charge in [-0.05, 0) is 24.3 Å². The average molecular weight is 310 g/mol. The van der Waals surface area contributed by atoms with Crippen LogP contribution in [0.2, 0.25) is 5.02 Å². The molecule has 2 aromatic carbocycles. The molecule has 0 heterocycles. The molecule has 0 saturated heterocycles. The second-order valence-electron chi connectivity index (χ2n) is 4.86. The smallest absolute Gasteiger partial charge is 0.335 e. The Morgan fingerprint density at radius 3 is 2.38 bits per heavy atom. The van der Waals surface area contributed by atoms with Gasteiger partial charge in [-0.2, -0.15) is 8.78 Å². The molecule has 0 aromatic heterocycles. The van der Waals surface area contributed by atoms with Crippen molar-refractivity contribution in [2.45, 2.75) is 5.92 Å². The van der Waals surface area contributed by atoms with E-state index < -0.39 is 17.3 Å². The maximum atomic E-state index is 14.3. The summed E-state index contributed by atoms with van der Waals surface area (Å²) in [4.78, 5) is 13.9. The third kappa shape index (κ3) is 3.22. The first-order valence-corrected chi connectivity index (χ1v) is 6.66. The molecule has 5 heteroatoms. The number of ketones is 1. The summed E-state index contributed by atoms with van der Waals surface area (Å²) in [7, 11) is 3.55. The molecule has 0 unspecified atom stereocenters. The van der Waals surface area contributed by atoms with Crippen LogP contribution in [0.4, 0.5) is 14.5 Å². The predicted octanol–water partition coefficient (Wildman–Crippen LogP) is 4.38. The third-order valence-electron chi connectivity index (χ3n) is 3.10. The quantitative estimate of drug-likeness (QED) is 0.781. The molecular weight excluding hydrogens is 296 g/mol. The van der Waals surface area contributed by atoms with E-state index in [2.05, 4.69) is 0 Å². The van der Waals surface area contributed by atoms with Crippen LogP contribution in [0.3, 0.4) is 0 Å². The topological polar surface area (TPSA) is 20.3 Å². The third-order valence-corrected chi connectivity index (χ3v) is 3.33. The molecular formula is C16H14ClF2NO. The van der Waals surface area contributed by atoms with Crippen LogP contribution in [0.25, 0.3) is 0 Å². The molecule has 0 saturated carbocycles. The molecule has 0 atom stereocenters. The van der Waals surface area contributed by atoms with Crippen LogP contribution in [0.1, 0.15) is 15.9 Å². The van der Waals surface area contributed by atoms with E-state index in [4.69, 9.17) is 11.6 Å². The van der Waals surface area contributed by atoms with Crippen molar-refractivity contribution < 1.29 is 13.6 Å². The standard InChI is InChI=1S/C16H14ClF2NO/c1-20(2)14-8-3-5-11(9-14)15(21)16(18,19)12-6-4-7-13(17)10-12/h3-10H,1-2H3. The first-order valence-electron chi connectivity index (χ1n) is 6.28. The summed E-state index contributed by atoms with van der Waals surface area (Å²) in [6.07, 6.45) is 0. The molecule has 0 N–H and O–H groups in total. The number of halogens is 3. The molecule has 110 valence electrons. The van der Waals surface area contributed by atoms with Gasteiger partial charge in [0.15, 0.2) is 0 Å². The number of anilines is 1. The maximum Gasteiger partial charge on any atom is 0.335 e. The number of benzene rings is 2. The molecule has 2 rings (SSSR count). The number of hydrogen-bond donors (Lipinski definition) is 0. The van der Waals surface area contributed by atoms with Gasteiger partial charge in [-0.3, -0.25) is 4.79 Å². The molecule has 2 aromatic rings. The maximum absolute atomic E-state index is 14.3. The zero-order chi connectivity index (χ0) is 15.6. The lowest BCUT2D eigenvalue weighted by Gasteiger charge is -2.18. The summed E-state index contributed by atoms with van der Waals surface area (Å²) in [5.74, 6) is -4.86.